The zero-order chi connectivity index (χ0) is 11.1. The molecule has 80 valence electrons. The van der Waals surface area contributed by atoms with Crippen molar-refractivity contribution >= 4 is 11.0 Å². The van der Waals surface area contributed by atoms with Crippen LogP contribution in [0.1, 0.15) is 5.76 Å². The number of furan rings is 1. The molecule has 0 aliphatic rings. The number of aryl methyl sites for hydroxylation is 1. The Morgan fingerprint density at radius 1 is 1.31 bits per heavy atom. The highest BCUT2D eigenvalue weighted by molar-refractivity contribution is 5.80. The zero-order valence-corrected chi connectivity index (χ0v) is 8.69. The summed E-state index contributed by atoms with van der Waals surface area (Å²) in [5.41, 5.74) is 2.55. The third-order valence-electron chi connectivity index (χ3n) is 2.47. The average molecular weight is 214 g/mol. The molecule has 0 unspecified atom stereocenters. The Hall–Kier alpha value is -2.23. The summed E-state index contributed by atoms with van der Waals surface area (Å²) in [5, 5.41) is 9.35. The Morgan fingerprint density at radius 3 is 2.94 bits per heavy atom. The minimum absolute atomic E-state index is 0.228. The molecule has 0 aliphatic carbocycles. The molecule has 2 N–H and O–H groups in total. The van der Waals surface area contributed by atoms with Crippen molar-refractivity contribution < 1.29 is 9.52 Å². The molecule has 0 atom stereocenters. The van der Waals surface area contributed by atoms with Gasteiger partial charge in [0.25, 0.3) is 0 Å². The maximum absolute atomic E-state index is 9.35. The van der Waals surface area contributed by atoms with Crippen LogP contribution in [0.15, 0.2) is 34.9 Å². The molecular weight excluding hydrogens is 204 g/mol. The van der Waals surface area contributed by atoms with Crippen molar-refractivity contribution in [3.8, 4) is 17.1 Å². The van der Waals surface area contributed by atoms with E-state index >= 15 is 0 Å². The molecule has 0 amide bonds. The number of aromatic hydroxyl groups is 1. The van der Waals surface area contributed by atoms with E-state index < -0.39 is 0 Å². The van der Waals surface area contributed by atoms with Crippen LogP contribution in [0.4, 0.5) is 0 Å². The van der Waals surface area contributed by atoms with Crippen molar-refractivity contribution in [1.82, 2.24) is 9.97 Å². The number of rotatable bonds is 1. The van der Waals surface area contributed by atoms with Crippen LogP contribution in [0.5, 0.6) is 5.75 Å². The number of hydrogen-bond acceptors (Lipinski definition) is 3. The van der Waals surface area contributed by atoms with Gasteiger partial charge in [-0.2, -0.15) is 0 Å². The molecule has 0 bridgehead atoms. The van der Waals surface area contributed by atoms with Crippen LogP contribution >= 0.6 is 0 Å². The molecule has 0 saturated heterocycles. The van der Waals surface area contributed by atoms with Crippen molar-refractivity contribution in [3.05, 3.63) is 36.3 Å². The lowest BCUT2D eigenvalue weighted by atomic mass is 10.3. The van der Waals surface area contributed by atoms with Gasteiger partial charge in [-0.05, 0) is 25.1 Å². The fourth-order valence-electron chi connectivity index (χ4n) is 1.70. The lowest BCUT2D eigenvalue weighted by molar-refractivity contribution is 0.476. The van der Waals surface area contributed by atoms with Gasteiger partial charge in [0, 0.05) is 6.07 Å². The largest absolute Gasteiger partial charge is 0.508 e. The van der Waals surface area contributed by atoms with Gasteiger partial charge in [-0.3, -0.25) is 0 Å². The van der Waals surface area contributed by atoms with E-state index in [0.717, 1.165) is 28.2 Å². The summed E-state index contributed by atoms with van der Waals surface area (Å²) in [4.78, 5) is 7.55. The summed E-state index contributed by atoms with van der Waals surface area (Å²) < 4.78 is 5.23. The van der Waals surface area contributed by atoms with Crippen molar-refractivity contribution in [2.24, 2.45) is 0 Å². The number of hydrogen-bond donors (Lipinski definition) is 2. The van der Waals surface area contributed by atoms with E-state index in [0.29, 0.717) is 0 Å². The molecule has 1 aromatic carbocycles. The van der Waals surface area contributed by atoms with Crippen molar-refractivity contribution in [3.63, 3.8) is 0 Å². The predicted octanol–water partition coefficient (Wildman–Crippen LogP) is 2.84. The fraction of sp³-hybridized carbons (Fsp3) is 0.0833. The second-order valence-electron chi connectivity index (χ2n) is 3.73. The highest BCUT2D eigenvalue weighted by Gasteiger charge is 2.07. The summed E-state index contributed by atoms with van der Waals surface area (Å²) in [7, 11) is 0. The third-order valence-corrected chi connectivity index (χ3v) is 2.47. The van der Waals surface area contributed by atoms with Gasteiger partial charge in [0.2, 0.25) is 0 Å². The van der Waals surface area contributed by atoms with E-state index in [1.165, 1.54) is 0 Å². The summed E-state index contributed by atoms with van der Waals surface area (Å²) in [6.07, 6.45) is 1.66. The molecule has 0 fully saturated rings. The number of nitrogens with zero attached hydrogens (tertiary/aromatic N) is 1. The molecule has 2 aromatic heterocycles. The molecule has 3 aromatic rings. The first-order chi connectivity index (χ1) is 7.72. The van der Waals surface area contributed by atoms with Crippen LogP contribution < -0.4 is 0 Å². The van der Waals surface area contributed by atoms with E-state index in [4.69, 9.17) is 4.42 Å². The average Bonchev–Trinajstić information content (AvgIpc) is 2.83. The van der Waals surface area contributed by atoms with Gasteiger partial charge in [0.1, 0.15) is 23.6 Å². The van der Waals surface area contributed by atoms with Crippen molar-refractivity contribution in [1.29, 1.82) is 0 Å². The van der Waals surface area contributed by atoms with Crippen LogP contribution in [0, 0.1) is 6.92 Å². The first-order valence-corrected chi connectivity index (χ1v) is 4.96. The smallest absolute Gasteiger partial charge is 0.141 e. The van der Waals surface area contributed by atoms with Crippen molar-refractivity contribution in [2.45, 2.75) is 6.92 Å². The first kappa shape index (κ1) is 9.03. The maximum Gasteiger partial charge on any atom is 0.141 e. The number of fused-ring (bicyclic) bond motifs is 1. The van der Waals surface area contributed by atoms with Gasteiger partial charge in [0.05, 0.1) is 16.6 Å². The number of H-pyrrole nitrogens is 1. The maximum atomic E-state index is 9.35. The van der Waals surface area contributed by atoms with Gasteiger partial charge in [-0.1, -0.05) is 0 Å². The Balaban J connectivity index is 2.18. The molecule has 4 heteroatoms. The SMILES string of the molecule is Cc1cc(-c2nc3ccc(O)cc3[nH]2)co1. The van der Waals surface area contributed by atoms with Gasteiger partial charge in [-0.25, -0.2) is 4.98 Å². The molecule has 2 heterocycles. The highest BCUT2D eigenvalue weighted by atomic mass is 16.3. The lowest BCUT2D eigenvalue weighted by Gasteiger charge is -1.88. The highest BCUT2D eigenvalue weighted by Crippen LogP contribution is 2.24. The standard InChI is InChI=1S/C12H10N2O2/c1-7-4-8(6-16-7)12-13-10-3-2-9(15)5-11(10)14-12/h2-6,15H,1H3,(H,13,14). The summed E-state index contributed by atoms with van der Waals surface area (Å²) >= 11 is 0. The molecule has 0 saturated carbocycles. The third kappa shape index (κ3) is 1.35. The molecule has 0 radical (unpaired) electrons. The molecule has 3 rings (SSSR count). The normalized spacial score (nSPS) is 11.1. The molecule has 0 spiro atoms. The molecular formula is C12H10N2O2. The first-order valence-electron chi connectivity index (χ1n) is 4.96. The van der Waals surface area contributed by atoms with Crippen molar-refractivity contribution in [2.75, 3.05) is 0 Å². The quantitative estimate of drug-likeness (QED) is 0.654. The number of benzene rings is 1. The number of nitrogens with one attached hydrogen (secondary N) is 1. The van der Waals surface area contributed by atoms with E-state index in [9.17, 15) is 5.11 Å². The number of phenolic OH excluding ortho intramolecular Hbond substituents is 1. The number of aromatic amines is 1. The van der Waals surface area contributed by atoms with Gasteiger partial charge < -0.3 is 14.5 Å². The predicted molar refractivity (Wildman–Crippen MR) is 60.2 cm³/mol. The van der Waals surface area contributed by atoms with Crippen LogP contribution in [0.3, 0.4) is 0 Å². The minimum atomic E-state index is 0.228. The van der Waals surface area contributed by atoms with Gasteiger partial charge in [0.15, 0.2) is 0 Å². The zero-order valence-electron chi connectivity index (χ0n) is 8.69. The number of aromatic nitrogens is 2. The van der Waals surface area contributed by atoms with Crippen LogP contribution in [-0.2, 0) is 0 Å². The van der Waals surface area contributed by atoms with E-state index in [1.54, 1.807) is 24.5 Å². The van der Waals surface area contributed by atoms with E-state index in [1.807, 2.05) is 13.0 Å². The second-order valence-corrected chi connectivity index (χ2v) is 3.73. The Bertz CT molecular complexity index is 652. The summed E-state index contributed by atoms with van der Waals surface area (Å²) in [6.45, 7) is 1.89. The van der Waals surface area contributed by atoms with E-state index in [2.05, 4.69) is 9.97 Å². The minimum Gasteiger partial charge on any atom is -0.508 e. The van der Waals surface area contributed by atoms with Crippen LogP contribution in [0.2, 0.25) is 0 Å². The van der Waals surface area contributed by atoms with Gasteiger partial charge in [-0.15, -0.1) is 0 Å². The lowest BCUT2D eigenvalue weighted by Crippen LogP contribution is -1.74. The summed E-state index contributed by atoms with van der Waals surface area (Å²) in [6, 6.07) is 6.96. The van der Waals surface area contributed by atoms with Gasteiger partial charge >= 0.3 is 0 Å². The topological polar surface area (TPSA) is 62.1 Å². The second kappa shape index (κ2) is 3.13. The Kier molecular flexibility index (Phi) is 1.77. The number of imidazole rings is 1. The fourth-order valence-corrected chi connectivity index (χ4v) is 1.70. The van der Waals surface area contributed by atoms with Crippen LogP contribution in [-0.4, -0.2) is 15.1 Å². The number of phenols is 1. The molecule has 0 aliphatic heterocycles. The Morgan fingerprint density at radius 2 is 2.19 bits per heavy atom. The summed E-state index contributed by atoms with van der Waals surface area (Å²) in [5.74, 6) is 1.82. The molecule has 16 heavy (non-hydrogen) atoms. The monoisotopic (exact) mass is 214 g/mol. The van der Waals surface area contributed by atoms with E-state index in [-0.39, 0.29) is 5.75 Å². The molecule has 4 nitrogen and oxygen atoms in total. The Labute approximate surface area is 91.6 Å². The van der Waals surface area contributed by atoms with Crippen LogP contribution in [0.25, 0.3) is 22.4 Å².